The van der Waals surface area contributed by atoms with E-state index in [-0.39, 0.29) is 58.8 Å². The van der Waals surface area contributed by atoms with E-state index in [1.54, 1.807) is 0 Å². The van der Waals surface area contributed by atoms with Gasteiger partial charge in [-0.15, -0.1) is 0 Å². The smallest absolute Gasteiger partial charge is 0.327 e. The van der Waals surface area contributed by atoms with Crippen LogP contribution in [0.1, 0.15) is 81.6 Å². The number of carbonyl (C=O) groups is 8. The maximum atomic E-state index is 13.6. The molecule has 0 rings (SSSR count). The molecule has 0 saturated carbocycles. The monoisotopic (exact) mass is 689 g/mol. The van der Waals surface area contributed by atoms with Gasteiger partial charge >= 0.3 is 5.97 Å². The number of rotatable bonds is 20. The minimum absolute atomic E-state index is 0.0371. The van der Waals surface area contributed by atoms with Gasteiger partial charge in [0.05, 0.1) is 0 Å². The van der Waals surface area contributed by atoms with E-state index in [1.165, 1.54) is 20.8 Å². The third kappa shape index (κ3) is 18.7. The van der Waals surface area contributed by atoms with Crippen molar-refractivity contribution < 1.29 is 43.5 Å². The third-order valence-corrected chi connectivity index (χ3v) is 8.05. The first-order chi connectivity index (χ1) is 21.2. The van der Waals surface area contributed by atoms with Crippen LogP contribution in [0.3, 0.4) is 0 Å². The molecule has 6 N–H and O–H groups in total. The highest BCUT2D eigenvalue weighted by atomic mass is 32.2. The SMILES string of the molecule is CC(=O)N[C@@H](CSC(C)=O)C(=O)N[C@@H](CC(C)C)C(=O)N[C@H](CC(C)C)C(=O)N[C@@H](CC(C)C)C(=O)N[C@@H](CSC(C)=O)C(=O)O. The number of nitrogens with one attached hydrogen (secondary N) is 5. The Balaban J connectivity index is 6.04. The Morgan fingerprint density at radius 2 is 0.761 bits per heavy atom. The molecule has 0 aromatic heterocycles. The summed E-state index contributed by atoms with van der Waals surface area (Å²) >= 11 is 1.60. The van der Waals surface area contributed by atoms with Gasteiger partial charge in [0, 0.05) is 32.3 Å². The van der Waals surface area contributed by atoms with Gasteiger partial charge in [-0.3, -0.25) is 33.6 Å². The summed E-state index contributed by atoms with van der Waals surface area (Å²) in [5.74, 6) is -4.99. The van der Waals surface area contributed by atoms with Crippen molar-refractivity contribution in [2.75, 3.05) is 11.5 Å². The van der Waals surface area contributed by atoms with Gasteiger partial charge in [0.25, 0.3) is 0 Å². The first-order valence-corrected chi connectivity index (χ1v) is 17.2. The number of aliphatic carboxylic acids is 1. The minimum Gasteiger partial charge on any atom is -0.480 e. The van der Waals surface area contributed by atoms with Crippen molar-refractivity contribution in [1.29, 1.82) is 0 Å². The molecule has 16 heteroatoms. The Bertz CT molecular complexity index is 1100. The standard InChI is InChI=1S/C30H51N5O9S2/c1-15(2)10-21(26(39)33-23(12-17(5)6)28(41)35-25(30(43)44)14-46-20(9)38)32-27(40)22(11-16(3)4)34-29(42)24(31-18(7)36)13-45-19(8)37/h15-17,21-25H,10-14H2,1-9H3,(H,31,36)(H,32,40)(H,33,39)(H,34,42)(H,35,41)(H,43,44)/t21-,22+,23+,24+,25+/m1/s1. The molecule has 5 amide bonds. The molecule has 0 aromatic rings. The lowest BCUT2D eigenvalue weighted by atomic mass is 9.98. The second-order valence-electron chi connectivity index (χ2n) is 12.3. The van der Waals surface area contributed by atoms with E-state index >= 15 is 0 Å². The molecule has 0 aliphatic heterocycles. The number of thioether (sulfide) groups is 2. The van der Waals surface area contributed by atoms with Gasteiger partial charge in [-0.05, 0) is 37.0 Å². The number of carboxylic acids is 1. The van der Waals surface area contributed by atoms with Crippen molar-refractivity contribution in [3.8, 4) is 0 Å². The quantitative estimate of drug-likeness (QED) is 0.107. The fraction of sp³-hybridized carbons (Fsp3) is 0.733. The fourth-order valence-corrected chi connectivity index (χ4v) is 5.47. The Hall–Kier alpha value is -3.14. The van der Waals surface area contributed by atoms with E-state index in [2.05, 4.69) is 26.6 Å². The van der Waals surface area contributed by atoms with Gasteiger partial charge in [-0.25, -0.2) is 4.79 Å². The van der Waals surface area contributed by atoms with Crippen LogP contribution in [0.15, 0.2) is 0 Å². The number of carboxylic acid groups (broad SMARTS) is 1. The van der Waals surface area contributed by atoms with Crippen LogP contribution in [0, 0.1) is 17.8 Å². The number of amides is 5. The predicted octanol–water partition coefficient (Wildman–Crippen LogP) is 1.21. The van der Waals surface area contributed by atoms with Crippen LogP contribution in [0.2, 0.25) is 0 Å². The molecule has 0 fully saturated rings. The lowest BCUT2D eigenvalue weighted by molar-refractivity contribution is -0.141. The van der Waals surface area contributed by atoms with E-state index < -0.39 is 65.7 Å². The van der Waals surface area contributed by atoms with Gasteiger partial charge in [-0.1, -0.05) is 65.1 Å². The van der Waals surface area contributed by atoms with Crippen LogP contribution in [-0.4, -0.2) is 92.6 Å². The van der Waals surface area contributed by atoms with Crippen LogP contribution in [0.5, 0.6) is 0 Å². The summed E-state index contributed by atoms with van der Waals surface area (Å²) in [7, 11) is 0. The molecule has 0 spiro atoms. The molecule has 0 saturated heterocycles. The molecule has 262 valence electrons. The Morgan fingerprint density at radius 1 is 0.478 bits per heavy atom. The summed E-state index contributed by atoms with van der Waals surface area (Å²) < 4.78 is 0. The van der Waals surface area contributed by atoms with Crippen molar-refractivity contribution in [3.05, 3.63) is 0 Å². The zero-order valence-corrected chi connectivity index (χ0v) is 29.8. The van der Waals surface area contributed by atoms with Gasteiger partial charge in [0.1, 0.15) is 30.2 Å². The number of carbonyl (C=O) groups excluding carboxylic acids is 7. The number of hydrogen-bond acceptors (Lipinski definition) is 10. The van der Waals surface area contributed by atoms with Crippen LogP contribution < -0.4 is 26.6 Å². The summed E-state index contributed by atoms with van der Waals surface area (Å²) in [5.41, 5.74) is 0. The fourth-order valence-electron chi connectivity index (χ4n) is 4.20. The third-order valence-electron chi connectivity index (χ3n) is 6.24. The summed E-state index contributed by atoms with van der Waals surface area (Å²) in [6.07, 6.45) is 0.557. The van der Waals surface area contributed by atoms with E-state index in [4.69, 9.17) is 0 Å². The highest BCUT2D eigenvalue weighted by Crippen LogP contribution is 2.13. The molecule has 0 aliphatic carbocycles. The molecule has 0 aliphatic rings. The minimum atomic E-state index is -1.37. The number of hydrogen-bond donors (Lipinski definition) is 6. The topological polar surface area (TPSA) is 217 Å². The van der Waals surface area contributed by atoms with Crippen LogP contribution in [-0.2, 0) is 38.4 Å². The van der Waals surface area contributed by atoms with E-state index in [9.17, 15) is 43.5 Å². The van der Waals surface area contributed by atoms with Crippen molar-refractivity contribution >= 4 is 69.3 Å². The highest BCUT2D eigenvalue weighted by molar-refractivity contribution is 8.13. The first kappa shape index (κ1) is 42.9. The molecule has 0 radical (unpaired) electrons. The second-order valence-corrected chi connectivity index (χ2v) is 14.7. The molecule has 0 bridgehead atoms. The maximum Gasteiger partial charge on any atom is 0.327 e. The van der Waals surface area contributed by atoms with Gasteiger partial charge < -0.3 is 31.7 Å². The van der Waals surface area contributed by atoms with Gasteiger partial charge in [0.15, 0.2) is 10.2 Å². The molecule has 46 heavy (non-hydrogen) atoms. The lowest BCUT2D eigenvalue weighted by Gasteiger charge is -2.28. The van der Waals surface area contributed by atoms with Crippen LogP contribution in [0.4, 0.5) is 0 Å². The van der Waals surface area contributed by atoms with Crippen molar-refractivity contribution in [1.82, 2.24) is 26.6 Å². The van der Waals surface area contributed by atoms with Crippen molar-refractivity contribution in [2.45, 2.75) is 112 Å². The Kier molecular flexibility index (Phi) is 20.1. The summed E-state index contributed by atoms with van der Waals surface area (Å²) in [6, 6.07) is -5.77. The van der Waals surface area contributed by atoms with E-state index in [0.717, 1.165) is 23.5 Å². The van der Waals surface area contributed by atoms with Crippen molar-refractivity contribution in [3.63, 3.8) is 0 Å². The average molecular weight is 690 g/mol. The van der Waals surface area contributed by atoms with Crippen LogP contribution in [0.25, 0.3) is 0 Å². The molecule has 14 nitrogen and oxygen atoms in total. The average Bonchev–Trinajstić information content (AvgIpc) is 2.90. The van der Waals surface area contributed by atoms with E-state index in [1.807, 2.05) is 41.5 Å². The Morgan fingerprint density at radius 3 is 1.02 bits per heavy atom. The molecule has 0 unspecified atom stereocenters. The summed E-state index contributed by atoms with van der Waals surface area (Å²) in [6.45, 7) is 14.8. The summed E-state index contributed by atoms with van der Waals surface area (Å²) in [5, 5.41) is 21.8. The zero-order valence-electron chi connectivity index (χ0n) is 28.2. The largest absolute Gasteiger partial charge is 0.480 e. The zero-order chi connectivity index (χ0) is 35.7. The van der Waals surface area contributed by atoms with Gasteiger partial charge in [0.2, 0.25) is 29.5 Å². The maximum absolute atomic E-state index is 13.6. The molecular formula is C30H51N5O9S2. The second kappa shape index (κ2) is 21.6. The normalized spacial score (nSPS) is 14.4. The molecular weight excluding hydrogens is 638 g/mol. The van der Waals surface area contributed by atoms with Crippen molar-refractivity contribution in [2.24, 2.45) is 17.8 Å². The highest BCUT2D eigenvalue weighted by Gasteiger charge is 2.33. The van der Waals surface area contributed by atoms with E-state index in [0.29, 0.717) is 0 Å². The molecule has 0 heterocycles. The van der Waals surface area contributed by atoms with Crippen LogP contribution >= 0.6 is 23.5 Å². The molecule has 5 atom stereocenters. The predicted molar refractivity (Wildman–Crippen MR) is 178 cm³/mol. The first-order valence-electron chi connectivity index (χ1n) is 15.2. The Labute approximate surface area is 279 Å². The lowest BCUT2D eigenvalue weighted by Crippen LogP contribution is -2.59. The van der Waals surface area contributed by atoms with Gasteiger partial charge in [-0.2, -0.15) is 0 Å². The summed E-state index contributed by atoms with van der Waals surface area (Å²) in [4.78, 5) is 99.6. The molecule has 0 aromatic carbocycles.